The average molecular weight is 162 g/mol. The van der Waals surface area contributed by atoms with Crippen molar-refractivity contribution in [2.24, 2.45) is 5.92 Å². The lowest BCUT2D eigenvalue weighted by molar-refractivity contribution is 0.140. The van der Waals surface area contributed by atoms with Gasteiger partial charge in [0.1, 0.15) is 0 Å². The average Bonchev–Trinajstić information content (AvgIpc) is 2.21. The van der Waals surface area contributed by atoms with E-state index in [-0.39, 0.29) is 23.0 Å². The maximum Gasteiger partial charge on any atom is 0.153 e. The van der Waals surface area contributed by atoms with Crippen molar-refractivity contribution in [3.63, 3.8) is 0 Å². The number of rotatable bonds is 0. The van der Waals surface area contributed by atoms with Crippen LogP contribution in [0.5, 0.6) is 0 Å². The molecule has 0 aromatic rings. The SMILES string of the molecule is O=S1(=O)CC2CC1CC2O. The zero-order chi connectivity index (χ0) is 7.35. The van der Waals surface area contributed by atoms with Gasteiger partial charge in [0, 0.05) is 5.92 Å². The van der Waals surface area contributed by atoms with Crippen LogP contribution >= 0.6 is 0 Å². The van der Waals surface area contributed by atoms with Crippen molar-refractivity contribution < 1.29 is 13.5 Å². The van der Waals surface area contributed by atoms with Crippen molar-refractivity contribution in [1.82, 2.24) is 0 Å². The van der Waals surface area contributed by atoms with Gasteiger partial charge < -0.3 is 5.11 Å². The molecule has 1 heterocycles. The maximum absolute atomic E-state index is 11.1. The normalized spacial score (nSPS) is 49.9. The van der Waals surface area contributed by atoms with Gasteiger partial charge >= 0.3 is 0 Å². The number of fused-ring (bicyclic) bond motifs is 2. The van der Waals surface area contributed by atoms with E-state index in [1.165, 1.54) is 0 Å². The molecule has 1 N–H and O–H groups in total. The summed E-state index contributed by atoms with van der Waals surface area (Å²) in [5, 5.41) is 8.97. The van der Waals surface area contributed by atoms with E-state index in [2.05, 4.69) is 0 Å². The van der Waals surface area contributed by atoms with Crippen molar-refractivity contribution in [2.75, 3.05) is 5.75 Å². The first-order valence-corrected chi connectivity index (χ1v) is 5.21. The molecule has 3 nitrogen and oxygen atoms in total. The molecule has 0 aromatic carbocycles. The number of aliphatic hydroxyl groups excluding tert-OH is 1. The molecule has 4 heteroatoms. The Hall–Kier alpha value is -0.0900. The van der Waals surface area contributed by atoms with Gasteiger partial charge in [-0.1, -0.05) is 0 Å². The highest BCUT2D eigenvalue weighted by atomic mass is 32.2. The number of aliphatic hydroxyl groups is 1. The Labute approximate surface area is 60.0 Å². The van der Waals surface area contributed by atoms with Gasteiger partial charge in [-0.2, -0.15) is 0 Å². The Bertz CT molecular complexity index is 242. The van der Waals surface area contributed by atoms with E-state index >= 15 is 0 Å². The molecular formula is C6H10O3S. The highest BCUT2D eigenvalue weighted by Crippen LogP contribution is 2.39. The Morgan fingerprint density at radius 2 is 2.00 bits per heavy atom. The van der Waals surface area contributed by atoms with E-state index < -0.39 is 9.84 Å². The van der Waals surface area contributed by atoms with Gasteiger partial charge in [-0.15, -0.1) is 0 Å². The minimum atomic E-state index is -2.78. The zero-order valence-corrected chi connectivity index (χ0v) is 6.34. The van der Waals surface area contributed by atoms with Crippen LogP contribution in [0.1, 0.15) is 12.8 Å². The molecule has 10 heavy (non-hydrogen) atoms. The molecule has 1 saturated heterocycles. The lowest BCUT2D eigenvalue weighted by Gasteiger charge is -2.15. The van der Waals surface area contributed by atoms with Gasteiger partial charge in [0.15, 0.2) is 9.84 Å². The first kappa shape index (κ1) is 6.61. The quantitative estimate of drug-likeness (QED) is 0.525. The molecule has 0 aromatic heterocycles. The summed E-state index contributed by atoms with van der Waals surface area (Å²) in [5.74, 6) is 0.272. The van der Waals surface area contributed by atoms with Gasteiger partial charge in [0.05, 0.1) is 17.1 Å². The summed E-state index contributed by atoms with van der Waals surface area (Å²) in [5.41, 5.74) is 0. The summed E-state index contributed by atoms with van der Waals surface area (Å²) < 4.78 is 22.1. The summed E-state index contributed by atoms with van der Waals surface area (Å²) in [6.45, 7) is 0. The Morgan fingerprint density at radius 1 is 1.30 bits per heavy atom. The van der Waals surface area contributed by atoms with E-state index in [1.807, 2.05) is 0 Å². The smallest absolute Gasteiger partial charge is 0.153 e. The second-order valence-corrected chi connectivity index (χ2v) is 5.58. The first-order valence-electron chi connectivity index (χ1n) is 3.49. The van der Waals surface area contributed by atoms with Gasteiger partial charge in [-0.25, -0.2) is 8.42 Å². The van der Waals surface area contributed by atoms with Crippen LogP contribution < -0.4 is 0 Å². The summed E-state index contributed by atoms with van der Waals surface area (Å²) >= 11 is 0. The minimum absolute atomic E-state index is 0.0509. The summed E-state index contributed by atoms with van der Waals surface area (Å²) in [4.78, 5) is 0. The van der Waals surface area contributed by atoms with Crippen molar-refractivity contribution in [3.05, 3.63) is 0 Å². The van der Waals surface area contributed by atoms with Crippen LogP contribution in [-0.2, 0) is 9.84 Å². The largest absolute Gasteiger partial charge is 0.393 e. The fourth-order valence-electron chi connectivity index (χ4n) is 1.96. The predicted octanol–water partition coefficient (Wildman–Crippen LogP) is -0.446. The fraction of sp³-hybridized carbons (Fsp3) is 1.00. The van der Waals surface area contributed by atoms with Gasteiger partial charge in [0.2, 0.25) is 0 Å². The summed E-state index contributed by atoms with van der Waals surface area (Å²) in [6.07, 6.45) is 0.838. The molecule has 0 amide bonds. The topological polar surface area (TPSA) is 54.4 Å². The monoisotopic (exact) mass is 162 g/mol. The Morgan fingerprint density at radius 3 is 2.30 bits per heavy atom. The van der Waals surface area contributed by atoms with Gasteiger partial charge in [-0.05, 0) is 12.8 Å². The van der Waals surface area contributed by atoms with Crippen LogP contribution in [0.15, 0.2) is 0 Å². The van der Waals surface area contributed by atoms with Gasteiger partial charge in [0.25, 0.3) is 0 Å². The molecule has 3 unspecified atom stereocenters. The number of hydrogen-bond donors (Lipinski definition) is 1. The van der Waals surface area contributed by atoms with Crippen molar-refractivity contribution in [1.29, 1.82) is 0 Å². The minimum Gasteiger partial charge on any atom is -0.393 e. The lowest BCUT2D eigenvalue weighted by atomic mass is 10.1. The third kappa shape index (κ3) is 0.720. The standard InChI is InChI=1S/C6H10O3S/c7-6-2-5-1-4(6)3-10(5,8)9/h4-7H,1-3H2. The zero-order valence-electron chi connectivity index (χ0n) is 5.53. The van der Waals surface area contributed by atoms with E-state index in [0.717, 1.165) is 0 Å². The molecule has 3 atom stereocenters. The Balaban J connectivity index is 2.32. The molecule has 1 aliphatic heterocycles. The van der Waals surface area contributed by atoms with E-state index in [0.29, 0.717) is 12.8 Å². The van der Waals surface area contributed by atoms with Crippen LogP contribution in [0.2, 0.25) is 0 Å². The molecule has 2 rings (SSSR count). The lowest BCUT2D eigenvalue weighted by Crippen LogP contribution is -2.27. The van der Waals surface area contributed by atoms with Crippen LogP contribution in [-0.4, -0.2) is 30.6 Å². The van der Waals surface area contributed by atoms with E-state index in [9.17, 15) is 13.5 Å². The number of hydrogen-bond acceptors (Lipinski definition) is 3. The van der Waals surface area contributed by atoms with Crippen LogP contribution in [0.4, 0.5) is 0 Å². The molecule has 1 aliphatic carbocycles. The molecule has 2 fully saturated rings. The van der Waals surface area contributed by atoms with E-state index in [4.69, 9.17) is 0 Å². The second kappa shape index (κ2) is 1.74. The van der Waals surface area contributed by atoms with Gasteiger partial charge in [-0.3, -0.25) is 0 Å². The van der Waals surface area contributed by atoms with Crippen LogP contribution in [0.25, 0.3) is 0 Å². The Kier molecular flexibility index (Phi) is 1.15. The second-order valence-electron chi connectivity index (χ2n) is 3.25. The molecule has 2 bridgehead atoms. The fourth-order valence-corrected chi connectivity index (χ4v) is 4.22. The highest BCUT2D eigenvalue weighted by molar-refractivity contribution is 7.92. The third-order valence-corrected chi connectivity index (χ3v) is 4.86. The molecule has 58 valence electrons. The van der Waals surface area contributed by atoms with Crippen molar-refractivity contribution in [3.8, 4) is 0 Å². The van der Waals surface area contributed by atoms with Crippen molar-refractivity contribution >= 4 is 9.84 Å². The van der Waals surface area contributed by atoms with E-state index in [1.54, 1.807) is 0 Å². The maximum atomic E-state index is 11.1. The van der Waals surface area contributed by atoms with Crippen LogP contribution in [0.3, 0.4) is 0 Å². The summed E-state index contributed by atoms with van der Waals surface area (Å²) in [7, 11) is -2.78. The third-order valence-electron chi connectivity index (χ3n) is 2.57. The predicted molar refractivity (Wildman–Crippen MR) is 36.3 cm³/mol. The first-order chi connectivity index (χ1) is 4.59. The molecule has 1 saturated carbocycles. The molecular weight excluding hydrogens is 152 g/mol. The molecule has 2 aliphatic rings. The highest BCUT2D eigenvalue weighted by Gasteiger charge is 2.48. The number of sulfone groups is 1. The van der Waals surface area contributed by atoms with Crippen molar-refractivity contribution in [2.45, 2.75) is 24.2 Å². The summed E-state index contributed by atoms with van der Waals surface area (Å²) in [6, 6.07) is 0. The van der Waals surface area contributed by atoms with Crippen LogP contribution in [0, 0.1) is 5.92 Å². The molecule has 0 radical (unpaired) electrons. The molecule has 0 spiro atoms.